The van der Waals surface area contributed by atoms with Crippen molar-refractivity contribution in [2.75, 3.05) is 30.1 Å². The van der Waals surface area contributed by atoms with E-state index in [1.165, 1.54) is 23.8 Å². The number of anilines is 2. The molecule has 1 fully saturated rings. The van der Waals surface area contributed by atoms with Crippen LogP contribution in [0.1, 0.15) is 32.8 Å². The van der Waals surface area contributed by atoms with Gasteiger partial charge in [-0.05, 0) is 48.2 Å². The number of aliphatic imine (C=N–C) groups is 1. The third-order valence-corrected chi connectivity index (χ3v) is 6.22. The molecule has 4 rings (SSSR count). The van der Waals surface area contributed by atoms with Crippen molar-refractivity contribution in [3.8, 4) is 0 Å². The fraction of sp³-hybridized carbons (Fsp3) is 0.400. The van der Waals surface area contributed by atoms with Crippen LogP contribution in [0.2, 0.25) is 5.02 Å². The number of amides is 2. The number of carbonyl (C=O) groups excluding carboxylic acids is 2. The Morgan fingerprint density at radius 1 is 1.21 bits per heavy atom. The van der Waals surface area contributed by atoms with E-state index in [1.807, 2.05) is 21.9 Å². The minimum absolute atomic E-state index is 0.0393. The van der Waals surface area contributed by atoms with Gasteiger partial charge in [0.25, 0.3) is 5.91 Å². The molecule has 0 radical (unpaired) electrons. The van der Waals surface area contributed by atoms with Gasteiger partial charge >= 0.3 is 0 Å². The number of fused-ring (bicyclic) bond motifs is 1. The third-order valence-electron chi connectivity index (χ3n) is 5.93. The minimum Gasteiger partial charge on any atom is -0.324 e. The van der Waals surface area contributed by atoms with Crippen LogP contribution in [0.15, 0.2) is 47.5 Å². The second-order valence-electron chi connectivity index (χ2n) is 9.09. The van der Waals surface area contributed by atoms with E-state index in [2.05, 4.69) is 48.1 Å². The van der Waals surface area contributed by atoms with Crippen LogP contribution < -0.4 is 10.2 Å². The first-order chi connectivity index (χ1) is 16.2. The molecule has 0 saturated carbocycles. The van der Waals surface area contributed by atoms with Gasteiger partial charge in [-0.25, -0.2) is 4.39 Å². The highest BCUT2D eigenvalue weighted by Crippen LogP contribution is 2.28. The Kier molecular flexibility index (Phi) is 7.19. The van der Waals surface area contributed by atoms with E-state index in [9.17, 15) is 14.0 Å². The summed E-state index contributed by atoms with van der Waals surface area (Å²) < 4.78 is 13.5. The highest BCUT2D eigenvalue weighted by molar-refractivity contribution is 6.31. The van der Waals surface area contributed by atoms with Crippen LogP contribution >= 0.6 is 11.6 Å². The molecule has 180 valence electrons. The van der Waals surface area contributed by atoms with Gasteiger partial charge < -0.3 is 10.2 Å². The SMILES string of the molecule is CCc1ccc(N2CN(CC(C)C)CN3C2=NC(=O)CC3C(=O)Nc2ccc(F)c(Cl)c2)cc1. The maximum absolute atomic E-state index is 13.5. The van der Waals surface area contributed by atoms with E-state index >= 15 is 0 Å². The average Bonchev–Trinajstić information content (AvgIpc) is 2.80. The van der Waals surface area contributed by atoms with E-state index in [0.29, 0.717) is 30.9 Å². The number of hydrogen-bond donors (Lipinski definition) is 1. The lowest BCUT2D eigenvalue weighted by Crippen LogP contribution is -2.65. The summed E-state index contributed by atoms with van der Waals surface area (Å²) in [7, 11) is 0. The quantitative estimate of drug-likeness (QED) is 0.659. The van der Waals surface area contributed by atoms with Crippen LogP contribution in [0, 0.1) is 11.7 Å². The third kappa shape index (κ3) is 5.23. The van der Waals surface area contributed by atoms with E-state index < -0.39 is 11.9 Å². The van der Waals surface area contributed by atoms with Crippen LogP contribution in [0.4, 0.5) is 15.8 Å². The van der Waals surface area contributed by atoms with Gasteiger partial charge in [-0.15, -0.1) is 0 Å². The summed E-state index contributed by atoms with van der Waals surface area (Å²) in [5, 5.41) is 2.70. The van der Waals surface area contributed by atoms with E-state index in [1.54, 1.807) is 0 Å². The zero-order valence-electron chi connectivity index (χ0n) is 19.6. The summed E-state index contributed by atoms with van der Waals surface area (Å²) in [6, 6.07) is 11.4. The second-order valence-corrected chi connectivity index (χ2v) is 9.50. The monoisotopic (exact) mass is 485 g/mol. The van der Waals surface area contributed by atoms with Crippen LogP contribution in [-0.2, 0) is 16.0 Å². The molecule has 1 N–H and O–H groups in total. The van der Waals surface area contributed by atoms with Gasteiger partial charge in [0, 0.05) is 17.9 Å². The van der Waals surface area contributed by atoms with Gasteiger partial charge in [0.1, 0.15) is 11.9 Å². The zero-order chi connectivity index (χ0) is 24.4. The number of rotatable bonds is 6. The number of nitrogens with zero attached hydrogens (tertiary/aromatic N) is 4. The number of halogens is 2. The van der Waals surface area contributed by atoms with E-state index in [-0.39, 0.29) is 23.3 Å². The molecule has 2 aliphatic heterocycles. The van der Waals surface area contributed by atoms with Gasteiger partial charge in [-0.1, -0.05) is 44.5 Å². The molecule has 1 saturated heterocycles. The van der Waals surface area contributed by atoms with Gasteiger partial charge in [-0.2, -0.15) is 4.99 Å². The summed E-state index contributed by atoms with van der Waals surface area (Å²) in [5.74, 6) is -0.389. The van der Waals surface area contributed by atoms with Gasteiger partial charge in [0.2, 0.25) is 11.9 Å². The molecule has 0 aromatic heterocycles. The second kappa shape index (κ2) is 10.1. The van der Waals surface area contributed by atoms with Crippen LogP contribution in [0.3, 0.4) is 0 Å². The van der Waals surface area contributed by atoms with Crippen molar-refractivity contribution < 1.29 is 14.0 Å². The number of carbonyl (C=O) groups is 2. The summed E-state index contributed by atoms with van der Waals surface area (Å²) in [6.07, 6.45) is 0.892. The normalized spacial score (nSPS) is 18.7. The Labute approximate surface area is 204 Å². The Balaban J connectivity index is 1.65. The molecule has 0 bridgehead atoms. The van der Waals surface area contributed by atoms with Crippen molar-refractivity contribution in [3.05, 3.63) is 58.9 Å². The molecule has 7 nitrogen and oxygen atoms in total. The predicted octanol–water partition coefficient (Wildman–Crippen LogP) is 4.33. The average molecular weight is 486 g/mol. The highest BCUT2D eigenvalue weighted by atomic mass is 35.5. The fourth-order valence-corrected chi connectivity index (χ4v) is 4.49. The molecule has 2 aliphatic rings. The summed E-state index contributed by atoms with van der Waals surface area (Å²) in [4.78, 5) is 36.3. The molecule has 2 aromatic carbocycles. The lowest BCUT2D eigenvalue weighted by Gasteiger charge is -2.48. The van der Waals surface area contributed by atoms with E-state index in [4.69, 9.17) is 11.6 Å². The van der Waals surface area contributed by atoms with Gasteiger partial charge in [0.15, 0.2) is 0 Å². The molecule has 2 heterocycles. The fourth-order valence-electron chi connectivity index (χ4n) is 4.31. The molecule has 2 amide bonds. The molecule has 0 spiro atoms. The molecule has 34 heavy (non-hydrogen) atoms. The minimum atomic E-state index is -0.754. The van der Waals surface area contributed by atoms with Crippen molar-refractivity contribution in [1.29, 1.82) is 0 Å². The van der Waals surface area contributed by atoms with Gasteiger partial charge in [-0.3, -0.25) is 19.4 Å². The molecule has 1 atom stereocenters. The van der Waals surface area contributed by atoms with E-state index in [0.717, 1.165) is 18.7 Å². The molecule has 2 aromatic rings. The summed E-state index contributed by atoms with van der Waals surface area (Å²) in [5.41, 5.74) is 2.50. The smallest absolute Gasteiger partial charge is 0.251 e. The molecule has 0 aliphatic carbocycles. The largest absolute Gasteiger partial charge is 0.324 e. The lowest BCUT2D eigenvalue weighted by atomic mass is 10.1. The molecule has 1 unspecified atom stereocenters. The van der Waals surface area contributed by atoms with Crippen molar-refractivity contribution in [3.63, 3.8) is 0 Å². The van der Waals surface area contributed by atoms with Crippen LogP contribution in [0.5, 0.6) is 0 Å². The number of benzene rings is 2. The summed E-state index contributed by atoms with van der Waals surface area (Å²) in [6.45, 7) is 8.25. The van der Waals surface area contributed by atoms with Crippen molar-refractivity contribution in [1.82, 2.24) is 9.80 Å². The number of guanidine groups is 1. The first-order valence-corrected chi connectivity index (χ1v) is 11.9. The highest BCUT2D eigenvalue weighted by Gasteiger charge is 2.41. The predicted molar refractivity (Wildman–Crippen MR) is 132 cm³/mol. The van der Waals surface area contributed by atoms with Crippen LogP contribution in [0.25, 0.3) is 0 Å². The number of nitrogens with one attached hydrogen (secondary N) is 1. The Morgan fingerprint density at radius 3 is 2.59 bits per heavy atom. The van der Waals surface area contributed by atoms with Crippen molar-refractivity contribution in [2.45, 2.75) is 39.7 Å². The van der Waals surface area contributed by atoms with Crippen LogP contribution in [-0.4, -0.2) is 53.5 Å². The van der Waals surface area contributed by atoms with Crippen molar-refractivity contribution >= 4 is 40.7 Å². The topological polar surface area (TPSA) is 68.2 Å². The Hall–Kier alpha value is -2.97. The standard InChI is InChI=1S/C25H29ClFN5O2/c1-4-17-5-8-19(9-6-17)31-14-30(13-16(2)3)15-32-22(12-23(33)29-25(31)32)24(34)28-18-7-10-21(27)20(26)11-18/h5-11,16,22H,4,12-15H2,1-3H3,(H,28,34). The number of hydrogen-bond acceptors (Lipinski definition) is 5. The first kappa shape index (κ1) is 24.2. The maximum atomic E-state index is 13.5. The van der Waals surface area contributed by atoms with Gasteiger partial charge in [0.05, 0.1) is 24.8 Å². The first-order valence-electron chi connectivity index (χ1n) is 11.5. The molecule has 9 heteroatoms. The number of aryl methyl sites for hydroxylation is 1. The molecular formula is C25H29ClFN5O2. The maximum Gasteiger partial charge on any atom is 0.251 e. The lowest BCUT2D eigenvalue weighted by molar-refractivity contribution is -0.127. The van der Waals surface area contributed by atoms with Crippen molar-refractivity contribution in [2.24, 2.45) is 10.9 Å². The molecular weight excluding hydrogens is 457 g/mol. The Morgan fingerprint density at radius 2 is 1.94 bits per heavy atom. The summed E-state index contributed by atoms with van der Waals surface area (Å²) >= 11 is 5.87. The zero-order valence-corrected chi connectivity index (χ0v) is 20.3. The Bertz CT molecular complexity index is 1100.